The molecule has 0 aliphatic carbocycles. The molecule has 2 N–H and O–H groups in total. The molecule has 1 fully saturated rings. The zero-order valence-electron chi connectivity index (χ0n) is 10.3. The van der Waals surface area contributed by atoms with E-state index in [-0.39, 0.29) is 0 Å². The fourth-order valence-corrected chi connectivity index (χ4v) is 2.27. The maximum absolute atomic E-state index is 9.50. The van der Waals surface area contributed by atoms with Crippen molar-refractivity contribution >= 4 is 0 Å². The van der Waals surface area contributed by atoms with Crippen LogP contribution in [0.5, 0.6) is 5.75 Å². The summed E-state index contributed by atoms with van der Waals surface area (Å²) >= 11 is 0. The third kappa shape index (κ3) is 2.60. The van der Waals surface area contributed by atoms with Crippen molar-refractivity contribution in [2.24, 2.45) is 0 Å². The van der Waals surface area contributed by atoms with E-state index in [0.717, 1.165) is 17.9 Å². The standard InChI is InChI=1S/C13H19NO3/c1-9-10(4-3-5-13(9)17-2)6-14-7-11(15)12(16)8-14/h3-5,11-12,15-16H,6-8H2,1-2H3/t11-,12+. The molecule has 1 heterocycles. The van der Waals surface area contributed by atoms with Crippen molar-refractivity contribution < 1.29 is 14.9 Å². The average molecular weight is 237 g/mol. The highest BCUT2D eigenvalue weighted by molar-refractivity contribution is 5.39. The van der Waals surface area contributed by atoms with Crippen LogP contribution in [-0.2, 0) is 6.54 Å². The monoisotopic (exact) mass is 237 g/mol. The van der Waals surface area contributed by atoms with E-state index < -0.39 is 12.2 Å². The summed E-state index contributed by atoms with van der Waals surface area (Å²) < 4.78 is 5.28. The van der Waals surface area contributed by atoms with Crippen LogP contribution in [-0.4, -0.2) is 47.5 Å². The summed E-state index contributed by atoms with van der Waals surface area (Å²) in [5.74, 6) is 0.878. The molecule has 0 unspecified atom stereocenters. The number of hydrogen-bond acceptors (Lipinski definition) is 4. The molecule has 1 aliphatic rings. The molecule has 0 radical (unpaired) electrons. The molecule has 1 aromatic rings. The Labute approximate surface area is 101 Å². The van der Waals surface area contributed by atoms with Crippen molar-refractivity contribution in [3.8, 4) is 5.75 Å². The molecular weight excluding hydrogens is 218 g/mol. The summed E-state index contributed by atoms with van der Waals surface area (Å²) in [5, 5.41) is 19.0. The molecule has 2 rings (SSSR count). The predicted octanol–water partition coefficient (Wildman–Crippen LogP) is 0.541. The zero-order valence-corrected chi connectivity index (χ0v) is 10.3. The van der Waals surface area contributed by atoms with Gasteiger partial charge in [0.2, 0.25) is 0 Å². The molecule has 17 heavy (non-hydrogen) atoms. The lowest BCUT2D eigenvalue weighted by Gasteiger charge is -2.17. The third-order valence-corrected chi connectivity index (χ3v) is 3.34. The van der Waals surface area contributed by atoms with E-state index in [4.69, 9.17) is 4.74 Å². The number of likely N-dealkylation sites (tertiary alicyclic amines) is 1. The molecule has 4 heteroatoms. The van der Waals surface area contributed by atoms with Crippen LogP contribution in [0.25, 0.3) is 0 Å². The number of aliphatic hydroxyl groups is 2. The minimum absolute atomic E-state index is 0.526. The van der Waals surface area contributed by atoms with Gasteiger partial charge in [-0.3, -0.25) is 4.90 Å². The molecule has 1 saturated heterocycles. The van der Waals surface area contributed by atoms with Gasteiger partial charge in [-0.1, -0.05) is 12.1 Å². The predicted molar refractivity (Wildman–Crippen MR) is 65.0 cm³/mol. The van der Waals surface area contributed by atoms with Gasteiger partial charge < -0.3 is 14.9 Å². The summed E-state index contributed by atoms with van der Waals surface area (Å²) in [6, 6.07) is 5.95. The van der Waals surface area contributed by atoms with Crippen LogP contribution in [0.1, 0.15) is 11.1 Å². The maximum atomic E-state index is 9.50. The van der Waals surface area contributed by atoms with Crippen molar-refractivity contribution in [1.82, 2.24) is 4.90 Å². The lowest BCUT2D eigenvalue weighted by atomic mass is 10.1. The fraction of sp³-hybridized carbons (Fsp3) is 0.538. The van der Waals surface area contributed by atoms with E-state index in [1.807, 2.05) is 19.1 Å². The Morgan fingerprint density at radius 3 is 2.53 bits per heavy atom. The highest BCUT2D eigenvalue weighted by Gasteiger charge is 2.29. The van der Waals surface area contributed by atoms with Crippen LogP contribution in [0, 0.1) is 6.92 Å². The first-order valence-corrected chi connectivity index (χ1v) is 5.82. The number of nitrogens with zero attached hydrogens (tertiary/aromatic N) is 1. The van der Waals surface area contributed by atoms with Gasteiger partial charge in [0.25, 0.3) is 0 Å². The summed E-state index contributed by atoms with van der Waals surface area (Å²) in [6.45, 7) is 3.81. The van der Waals surface area contributed by atoms with E-state index in [9.17, 15) is 10.2 Å². The molecular formula is C13H19NO3. The summed E-state index contributed by atoms with van der Waals surface area (Å²) in [4.78, 5) is 2.05. The van der Waals surface area contributed by atoms with Crippen LogP contribution in [0.4, 0.5) is 0 Å². The van der Waals surface area contributed by atoms with Crippen molar-refractivity contribution in [2.45, 2.75) is 25.7 Å². The van der Waals surface area contributed by atoms with Gasteiger partial charge in [0.15, 0.2) is 0 Å². The van der Waals surface area contributed by atoms with Gasteiger partial charge in [-0.05, 0) is 24.1 Å². The van der Waals surface area contributed by atoms with E-state index in [0.29, 0.717) is 13.1 Å². The largest absolute Gasteiger partial charge is 0.496 e. The molecule has 1 aromatic carbocycles. The Kier molecular flexibility index (Phi) is 3.66. The molecule has 94 valence electrons. The number of hydrogen-bond donors (Lipinski definition) is 2. The Hall–Kier alpha value is -1.10. The number of β-amino-alcohol motifs (C(OH)–C–C–N with tert-alkyl or cyclic N) is 2. The van der Waals surface area contributed by atoms with Crippen molar-refractivity contribution in [3.63, 3.8) is 0 Å². The van der Waals surface area contributed by atoms with E-state index in [1.54, 1.807) is 7.11 Å². The van der Waals surface area contributed by atoms with E-state index >= 15 is 0 Å². The summed E-state index contributed by atoms with van der Waals surface area (Å²) in [7, 11) is 1.66. The zero-order chi connectivity index (χ0) is 12.4. The van der Waals surface area contributed by atoms with Crippen LogP contribution in [0.15, 0.2) is 18.2 Å². The normalized spacial score (nSPS) is 25.2. The van der Waals surface area contributed by atoms with Gasteiger partial charge in [-0.2, -0.15) is 0 Å². The minimum atomic E-state index is -0.624. The third-order valence-electron chi connectivity index (χ3n) is 3.34. The van der Waals surface area contributed by atoms with E-state index in [1.165, 1.54) is 5.56 Å². The van der Waals surface area contributed by atoms with Crippen LogP contribution >= 0.6 is 0 Å². The van der Waals surface area contributed by atoms with Crippen LogP contribution < -0.4 is 4.74 Å². The van der Waals surface area contributed by atoms with Crippen molar-refractivity contribution in [2.75, 3.05) is 20.2 Å². The number of aliphatic hydroxyl groups excluding tert-OH is 2. The quantitative estimate of drug-likeness (QED) is 0.805. The lowest BCUT2D eigenvalue weighted by Crippen LogP contribution is -2.22. The lowest BCUT2D eigenvalue weighted by molar-refractivity contribution is 0.0572. The number of methoxy groups -OCH3 is 1. The highest BCUT2D eigenvalue weighted by Crippen LogP contribution is 2.23. The number of rotatable bonds is 3. The van der Waals surface area contributed by atoms with Crippen LogP contribution in [0.3, 0.4) is 0 Å². The first-order valence-electron chi connectivity index (χ1n) is 5.82. The Morgan fingerprint density at radius 1 is 1.29 bits per heavy atom. The number of ether oxygens (including phenoxy) is 1. The molecule has 0 aromatic heterocycles. The topological polar surface area (TPSA) is 52.9 Å². The second-order valence-electron chi connectivity index (χ2n) is 4.57. The second-order valence-corrected chi connectivity index (χ2v) is 4.57. The average Bonchev–Trinajstić information content (AvgIpc) is 2.61. The van der Waals surface area contributed by atoms with Crippen molar-refractivity contribution in [3.05, 3.63) is 29.3 Å². The maximum Gasteiger partial charge on any atom is 0.122 e. The molecule has 0 bridgehead atoms. The van der Waals surface area contributed by atoms with Crippen LogP contribution in [0.2, 0.25) is 0 Å². The van der Waals surface area contributed by atoms with Gasteiger partial charge in [-0.15, -0.1) is 0 Å². The van der Waals surface area contributed by atoms with Gasteiger partial charge in [0.05, 0.1) is 19.3 Å². The molecule has 0 amide bonds. The second kappa shape index (κ2) is 5.04. The molecule has 4 nitrogen and oxygen atoms in total. The Morgan fingerprint density at radius 2 is 1.94 bits per heavy atom. The smallest absolute Gasteiger partial charge is 0.122 e. The minimum Gasteiger partial charge on any atom is -0.496 e. The van der Waals surface area contributed by atoms with Gasteiger partial charge in [0, 0.05) is 19.6 Å². The van der Waals surface area contributed by atoms with Gasteiger partial charge in [-0.25, -0.2) is 0 Å². The van der Waals surface area contributed by atoms with Gasteiger partial charge in [0.1, 0.15) is 5.75 Å². The fourth-order valence-electron chi connectivity index (χ4n) is 2.27. The van der Waals surface area contributed by atoms with Gasteiger partial charge >= 0.3 is 0 Å². The molecule has 0 saturated carbocycles. The Balaban J connectivity index is 2.09. The molecule has 2 atom stereocenters. The summed E-state index contributed by atoms with van der Waals surface area (Å²) in [5.41, 5.74) is 2.29. The van der Waals surface area contributed by atoms with E-state index in [2.05, 4.69) is 11.0 Å². The highest BCUT2D eigenvalue weighted by atomic mass is 16.5. The molecule has 0 spiro atoms. The first-order chi connectivity index (χ1) is 8.11. The SMILES string of the molecule is COc1cccc(CN2C[C@@H](O)[C@@H](O)C2)c1C. The molecule has 1 aliphatic heterocycles. The summed E-state index contributed by atoms with van der Waals surface area (Å²) in [6.07, 6.45) is -1.25. The first kappa shape index (κ1) is 12.4. The van der Waals surface area contributed by atoms with Crippen molar-refractivity contribution in [1.29, 1.82) is 0 Å². The Bertz CT molecular complexity index is 384. The number of benzene rings is 1.